The van der Waals surface area contributed by atoms with Gasteiger partial charge in [0.15, 0.2) is 0 Å². The molecule has 116 valence electrons. The van der Waals surface area contributed by atoms with E-state index in [2.05, 4.69) is 4.74 Å². The number of benzene rings is 1. The van der Waals surface area contributed by atoms with Crippen LogP contribution in [0.3, 0.4) is 0 Å². The number of hydrogen-bond acceptors (Lipinski definition) is 7. The number of rotatable bonds is 3. The molecule has 0 saturated carbocycles. The fraction of sp³-hybridized carbons (Fsp3) is 0.500. The number of carbonyl (C=O) groups is 1. The van der Waals surface area contributed by atoms with Gasteiger partial charge in [-0.1, -0.05) is 0 Å². The van der Waals surface area contributed by atoms with E-state index < -0.39 is 36.7 Å². The molecule has 1 saturated heterocycles. The number of aliphatic hydroxyl groups excluding tert-OH is 3. The van der Waals surface area contributed by atoms with Gasteiger partial charge in [-0.3, -0.25) is 0 Å². The summed E-state index contributed by atoms with van der Waals surface area (Å²) in [5.41, 5.74) is 0.360. The van der Waals surface area contributed by atoms with Crippen molar-refractivity contribution in [2.45, 2.75) is 37.6 Å². The zero-order valence-electron chi connectivity index (χ0n) is 11.7. The third kappa shape index (κ3) is 3.33. The molecule has 1 aromatic carbocycles. The van der Waals surface area contributed by atoms with Gasteiger partial charge in [-0.2, -0.15) is 0 Å². The highest BCUT2D eigenvalue weighted by Crippen LogP contribution is 2.24. The maximum atomic E-state index is 11.3. The average molecular weight is 298 g/mol. The normalized spacial score (nSPS) is 32.5. The molecule has 3 N–H and O–H groups in total. The average Bonchev–Trinajstić information content (AvgIpc) is 2.50. The van der Waals surface area contributed by atoms with E-state index in [9.17, 15) is 20.1 Å². The van der Waals surface area contributed by atoms with Crippen LogP contribution in [0, 0.1) is 0 Å². The molecule has 7 heteroatoms. The van der Waals surface area contributed by atoms with Crippen LogP contribution in [0.5, 0.6) is 5.75 Å². The van der Waals surface area contributed by atoms with Crippen LogP contribution in [0.2, 0.25) is 0 Å². The second-order valence-corrected chi connectivity index (χ2v) is 4.82. The van der Waals surface area contributed by atoms with Crippen molar-refractivity contribution in [3.8, 4) is 5.75 Å². The van der Waals surface area contributed by atoms with Crippen LogP contribution < -0.4 is 4.74 Å². The quantitative estimate of drug-likeness (QED) is 0.657. The number of aliphatic hydroxyl groups is 3. The molecule has 2 rings (SSSR count). The summed E-state index contributed by atoms with van der Waals surface area (Å²) in [5.74, 6) is -0.120. The lowest BCUT2D eigenvalue weighted by molar-refractivity contribution is -0.268. The van der Waals surface area contributed by atoms with Crippen LogP contribution in [0.4, 0.5) is 0 Å². The van der Waals surface area contributed by atoms with E-state index in [0.717, 1.165) is 0 Å². The minimum absolute atomic E-state index is 0.350. The van der Waals surface area contributed by atoms with Gasteiger partial charge in [0.05, 0.1) is 18.8 Å². The van der Waals surface area contributed by atoms with Gasteiger partial charge in [0.2, 0.25) is 6.29 Å². The van der Waals surface area contributed by atoms with E-state index in [1.165, 1.54) is 31.4 Å². The van der Waals surface area contributed by atoms with Gasteiger partial charge in [-0.25, -0.2) is 4.79 Å². The Morgan fingerprint density at radius 3 is 2.29 bits per heavy atom. The van der Waals surface area contributed by atoms with Crippen LogP contribution >= 0.6 is 0 Å². The summed E-state index contributed by atoms with van der Waals surface area (Å²) in [4.78, 5) is 11.3. The fourth-order valence-electron chi connectivity index (χ4n) is 2.03. The van der Waals surface area contributed by atoms with E-state index in [1.54, 1.807) is 6.92 Å². The predicted molar refractivity (Wildman–Crippen MR) is 70.8 cm³/mol. The molecule has 5 atom stereocenters. The summed E-state index contributed by atoms with van der Waals surface area (Å²) >= 11 is 0. The summed E-state index contributed by atoms with van der Waals surface area (Å²) in [6, 6.07) is 6.05. The van der Waals surface area contributed by atoms with Crippen molar-refractivity contribution < 1.29 is 34.3 Å². The Kier molecular flexibility index (Phi) is 4.79. The summed E-state index contributed by atoms with van der Waals surface area (Å²) in [7, 11) is 1.28. The molecule has 0 aliphatic carbocycles. The number of methoxy groups -OCH3 is 1. The molecule has 0 radical (unpaired) electrons. The first-order chi connectivity index (χ1) is 9.93. The molecule has 0 amide bonds. The lowest BCUT2D eigenvalue weighted by Gasteiger charge is -2.38. The van der Waals surface area contributed by atoms with E-state index in [1.807, 2.05) is 0 Å². The molecule has 1 aliphatic rings. The summed E-state index contributed by atoms with van der Waals surface area (Å²) in [6.45, 7) is 1.57. The van der Waals surface area contributed by atoms with E-state index in [0.29, 0.717) is 11.3 Å². The molecule has 1 aromatic rings. The summed E-state index contributed by atoms with van der Waals surface area (Å²) in [5, 5.41) is 29.1. The largest absolute Gasteiger partial charge is 0.465 e. The van der Waals surface area contributed by atoms with Crippen LogP contribution in [-0.4, -0.2) is 59.1 Å². The van der Waals surface area contributed by atoms with Crippen molar-refractivity contribution in [3.05, 3.63) is 29.8 Å². The molecular weight excluding hydrogens is 280 g/mol. The van der Waals surface area contributed by atoms with Gasteiger partial charge in [0.1, 0.15) is 24.1 Å². The zero-order chi connectivity index (χ0) is 15.6. The molecular formula is C14H18O7. The fourth-order valence-corrected chi connectivity index (χ4v) is 2.03. The van der Waals surface area contributed by atoms with E-state index in [4.69, 9.17) is 9.47 Å². The Hall–Kier alpha value is -1.67. The van der Waals surface area contributed by atoms with Gasteiger partial charge in [-0.05, 0) is 31.2 Å². The molecule has 0 unspecified atom stereocenters. The maximum Gasteiger partial charge on any atom is 0.337 e. The predicted octanol–water partition coefficient (Wildman–Crippen LogP) is -0.321. The highest BCUT2D eigenvalue weighted by Gasteiger charge is 2.43. The molecule has 21 heavy (non-hydrogen) atoms. The molecule has 1 heterocycles. The minimum atomic E-state index is -1.38. The first kappa shape index (κ1) is 15.7. The van der Waals surface area contributed by atoms with Crippen molar-refractivity contribution in [2.24, 2.45) is 0 Å². The monoisotopic (exact) mass is 298 g/mol. The third-order valence-corrected chi connectivity index (χ3v) is 3.34. The Labute approximate surface area is 121 Å². The number of ether oxygens (including phenoxy) is 3. The van der Waals surface area contributed by atoms with Gasteiger partial charge >= 0.3 is 5.97 Å². The van der Waals surface area contributed by atoms with Gasteiger partial charge in [0.25, 0.3) is 0 Å². The smallest absolute Gasteiger partial charge is 0.337 e. The van der Waals surface area contributed by atoms with Gasteiger partial charge in [-0.15, -0.1) is 0 Å². The van der Waals surface area contributed by atoms with E-state index in [-0.39, 0.29) is 0 Å². The molecule has 1 fully saturated rings. The van der Waals surface area contributed by atoms with Crippen LogP contribution in [0.15, 0.2) is 24.3 Å². The van der Waals surface area contributed by atoms with Crippen LogP contribution in [-0.2, 0) is 9.47 Å². The van der Waals surface area contributed by atoms with Gasteiger partial charge in [0, 0.05) is 0 Å². The first-order valence-corrected chi connectivity index (χ1v) is 6.48. The Bertz CT molecular complexity index is 487. The maximum absolute atomic E-state index is 11.3. The van der Waals surface area contributed by atoms with Crippen molar-refractivity contribution in [2.75, 3.05) is 7.11 Å². The third-order valence-electron chi connectivity index (χ3n) is 3.34. The second-order valence-electron chi connectivity index (χ2n) is 4.82. The topological polar surface area (TPSA) is 105 Å². The molecule has 7 nitrogen and oxygen atoms in total. The summed E-state index contributed by atoms with van der Waals surface area (Å²) in [6.07, 6.45) is -5.70. The number of esters is 1. The number of carbonyl (C=O) groups excluding carboxylic acids is 1. The number of hydrogen-bond donors (Lipinski definition) is 3. The molecule has 0 bridgehead atoms. The van der Waals surface area contributed by atoms with Crippen molar-refractivity contribution >= 4 is 5.97 Å². The molecule has 1 aliphatic heterocycles. The standard InChI is InChI=1S/C14H18O7/c1-7-10(15)11(16)12(17)14(20-7)21-9-5-3-8(4-6-9)13(18)19-2/h3-7,10-12,14-17H,1-2H3/t7-,10-,11+,12+,14-/m0/s1. The Morgan fingerprint density at radius 2 is 1.71 bits per heavy atom. The highest BCUT2D eigenvalue weighted by atomic mass is 16.7. The first-order valence-electron chi connectivity index (χ1n) is 6.48. The van der Waals surface area contributed by atoms with Crippen molar-refractivity contribution in [1.29, 1.82) is 0 Å². The SMILES string of the molecule is COC(=O)c1ccc(O[C@@H]2O[C@@H](C)[C@H](O)[C@@H](O)[C@H]2O)cc1. The van der Waals surface area contributed by atoms with Crippen molar-refractivity contribution in [3.63, 3.8) is 0 Å². The highest BCUT2D eigenvalue weighted by molar-refractivity contribution is 5.89. The van der Waals surface area contributed by atoms with Gasteiger partial charge < -0.3 is 29.5 Å². The minimum Gasteiger partial charge on any atom is -0.465 e. The second kappa shape index (κ2) is 6.40. The molecule has 0 aromatic heterocycles. The van der Waals surface area contributed by atoms with Crippen molar-refractivity contribution in [1.82, 2.24) is 0 Å². The summed E-state index contributed by atoms with van der Waals surface area (Å²) < 4.78 is 15.3. The van der Waals surface area contributed by atoms with E-state index >= 15 is 0 Å². The Morgan fingerprint density at radius 1 is 1.10 bits per heavy atom. The van der Waals surface area contributed by atoms with Crippen LogP contribution in [0.25, 0.3) is 0 Å². The lowest BCUT2D eigenvalue weighted by Crippen LogP contribution is -2.58. The lowest BCUT2D eigenvalue weighted by atomic mass is 10.00. The van der Waals surface area contributed by atoms with Crippen LogP contribution in [0.1, 0.15) is 17.3 Å². The molecule has 0 spiro atoms. The Balaban J connectivity index is 2.05. The zero-order valence-corrected chi connectivity index (χ0v) is 11.7.